The van der Waals surface area contributed by atoms with Gasteiger partial charge in [0.1, 0.15) is 5.75 Å². The van der Waals surface area contributed by atoms with E-state index in [-0.39, 0.29) is 11.8 Å². The van der Waals surface area contributed by atoms with Crippen LogP contribution in [0.15, 0.2) is 24.3 Å². The normalized spacial score (nSPS) is 10.2. The van der Waals surface area contributed by atoms with Crippen molar-refractivity contribution in [3.05, 3.63) is 24.3 Å². The Hall–Kier alpha value is -1.71. The second kappa shape index (κ2) is 9.25. The Balaban J connectivity index is 2.06. The first kappa shape index (κ1) is 15.3. The Morgan fingerprint density at radius 2 is 1.68 bits per heavy atom. The summed E-state index contributed by atoms with van der Waals surface area (Å²) < 4.78 is 0. The third-order valence-corrected chi connectivity index (χ3v) is 2.94. The minimum atomic E-state index is -0.195. The molecule has 1 aromatic rings. The van der Waals surface area contributed by atoms with Crippen LogP contribution in [0, 0.1) is 0 Å². The van der Waals surface area contributed by atoms with Gasteiger partial charge in [-0.15, -0.1) is 0 Å². The molecule has 0 atom stereocenters. The summed E-state index contributed by atoms with van der Waals surface area (Å²) in [6.45, 7) is 2.91. The number of phenols is 1. The number of carbonyl (C=O) groups excluding carboxylic acids is 1. The summed E-state index contributed by atoms with van der Waals surface area (Å²) in [4.78, 5) is 11.5. The predicted octanol–water partition coefficient (Wildman–Crippen LogP) is 3.87. The first-order valence-corrected chi connectivity index (χ1v) is 7.06. The lowest BCUT2D eigenvalue weighted by Gasteiger charge is -2.07. The molecule has 3 N–H and O–H groups in total. The fourth-order valence-corrected chi connectivity index (χ4v) is 1.83. The van der Waals surface area contributed by atoms with Crippen LogP contribution in [0.3, 0.4) is 0 Å². The van der Waals surface area contributed by atoms with Crippen LogP contribution in [-0.4, -0.2) is 17.7 Å². The van der Waals surface area contributed by atoms with E-state index in [1.54, 1.807) is 24.3 Å². The lowest BCUT2D eigenvalue weighted by Crippen LogP contribution is -2.29. The molecule has 0 saturated carbocycles. The first-order chi connectivity index (χ1) is 9.22. The quantitative estimate of drug-likeness (QED) is 0.493. The highest BCUT2D eigenvalue weighted by Crippen LogP contribution is 2.13. The number of phenolic OH excluding ortho intramolecular Hbond substituents is 1. The maximum absolute atomic E-state index is 11.5. The zero-order valence-electron chi connectivity index (χ0n) is 11.6. The van der Waals surface area contributed by atoms with Gasteiger partial charge in [0.15, 0.2) is 0 Å². The van der Waals surface area contributed by atoms with Gasteiger partial charge in [-0.05, 0) is 30.7 Å². The largest absolute Gasteiger partial charge is 0.508 e. The van der Waals surface area contributed by atoms with Crippen molar-refractivity contribution in [2.45, 2.75) is 45.4 Å². The van der Waals surface area contributed by atoms with Crippen LogP contribution in [-0.2, 0) is 0 Å². The topological polar surface area (TPSA) is 61.4 Å². The zero-order valence-corrected chi connectivity index (χ0v) is 11.6. The molecule has 0 radical (unpaired) electrons. The summed E-state index contributed by atoms with van der Waals surface area (Å²) in [5, 5.41) is 14.7. The summed E-state index contributed by atoms with van der Waals surface area (Å²) in [7, 11) is 0. The van der Waals surface area contributed by atoms with Gasteiger partial charge in [-0.1, -0.05) is 39.0 Å². The second-order valence-electron chi connectivity index (χ2n) is 4.70. The van der Waals surface area contributed by atoms with Gasteiger partial charge >= 0.3 is 6.03 Å². The van der Waals surface area contributed by atoms with E-state index in [1.165, 1.54) is 32.1 Å². The molecule has 0 saturated heterocycles. The summed E-state index contributed by atoms with van der Waals surface area (Å²) in [6, 6.07) is 6.23. The summed E-state index contributed by atoms with van der Waals surface area (Å²) in [6.07, 6.45) is 7.28. The lowest BCUT2D eigenvalue weighted by atomic mass is 10.1. The third kappa shape index (κ3) is 7.34. The predicted molar refractivity (Wildman–Crippen MR) is 78.5 cm³/mol. The number of nitrogens with one attached hydrogen (secondary N) is 2. The van der Waals surface area contributed by atoms with E-state index in [1.807, 2.05) is 0 Å². The van der Waals surface area contributed by atoms with Gasteiger partial charge in [0.05, 0.1) is 0 Å². The fraction of sp³-hybridized carbons (Fsp3) is 0.533. The monoisotopic (exact) mass is 264 g/mol. The summed E-state index contributed by atoms with van der Waals surface area (Å²) in [5.41, 5.74) is 0.679. The maximum atomic E-state index is 11.5. The van der Waals surface area contributed by atoms with E-state index in [0.29, 0.717) is 12.2 Å². The van der Waals surface area contributed by atoms with E-state index in [2.05, 4.69) is 17.6 Å². The van der Waals surface area contributed by atoms with Crippen LogP contribution in [0.1, 0.15) is 45.4 Å². The standard InChI is InChI=1S/C15H24N2O2/c1-2-3-4-5-6-7-12-16-15(19)17-13-8-10-14(18)11-9-13/h8-11,18H,2-7,12H2,1H3,(H2,16,17,19). The molecule has 0 aliphatic rings. The van der Waals surface area contributed by atoms with Crippen molar-refractivity contribution in [2.24, 2.45) is 0 Å². The summed E-state index contributed by atoms with van der Waals surface area (Å²) >= 11 is 0. The molecule has 4 nitrogen and oxygen atoms in total. The fourth-order valence-electron chi connectivity index (χ4n) is 1.83. The smallest absolute Gasteiger partial charge is 0.319 e. The Morgan fingerprint density at radius 1 is 1.05 bits per heavy atom. The number of hydrogen-bond acceptors (Lipinski definition) is 2. The molecular formula is C15H24N2O2. The second-order valence-corrected chi connectivity index (χ2v) is 4.70. The van der Waals surface area contributed by atoms with E-state index in [0.717, 1.165) is 6.42 Å². The van der Waals surface area contributed by atoms with Gasteiger partial charge in [-0.25, -0.2) is 4.79 Å². The number of hydrogen-bond donors (Lipinski definition) is 3. The summed E-state index contributed by atoms with van der Waals surface area (Å²) in [5.74, 6) is 0.193. The van der Waals surface area contributed by atoms with E-state index < -0.39 is 0 Å². The van der Waals surface area contributed by atoms with Crippen molar-refractivity contribution in [2.75, 3.05) is 11.9 Å². The molecule has 0 unspecified atom stereocenters. The minimum absolute atomic E-state index is 0.193. The Morgan fingerprint density at radius 3 is 2.37 bits per heavy atom. The van der Waals surface area contributed by atoms with Crippen molar-refractivity contribution < 1.29 is 9.90 Å². The highest BCUT2D eigenvalue weighted by atomic mass is 16.3. The molecule has 4 heteroatoms. The maximum Gasteiger partial charge on any atom is 0.319 e. The highest BCUT2D eigenvalue weighted by molar-refractivity contribution is 5.89. The van der Waals surface area contributed by atoms with Crippen LogP contribution < -0.4 is 10.6 Å². The van der Waals surface area contributed by atoms with E-state index >= 15 is 0 Å². The molecule has 19 heavy (non-hydrogen) atoms. The van der Waals surface area contributed by atoms with Gasteiger partial charge in [-0.2, -0.15) is 0 Å². The van der Waals surface area contributed by atoms with Crippen molar-refractivity contribution in [3.63, 3.8) is 0 Å². The van der Waals surface area contributed by atoms with Gasteiger partial charge in [0, 0.05) is 12.2 Å². The molecule has 0 heterocycles. The molecule has 106 valence electrons. The van der Waals surface area contributed by atoms with Crippen LogP contribution in [0.2, 0.25) is 0 Å². The van der Waals surface area contributed by atoms with Crippen molar-refractivity contribution >= 4 is 11.7 Å². The van der Waals surface area contributed by atoms with Gasteiger partial charge in [-0.3, -0.25) is 0 Å². The van der Waals surface area contributed by atoms with E-state index in [9.17, 15) is 4.79 Å². The Labute approximate surface area is 115 Å². The molecule has 1 rings (SSSR count). The molecular weight excluding hydrogens is 240 g/mol. The number of amides is 2. The minimum Gasteiger partial charge on any atom is -0.508 e. The van der Waals surface area contributed by atoms with Crippen LogP contribution in [0.4, 0.5) is 10.5 Å². The van der Waals surface area contributed by atoms with Crippen molar-refractivity contribution in [3.8, 4) is 5.75 Å². The van der Waals surface area contributed by atoms with Crippen molar-refractivity contribution in [1.29, 1.82) is 0 Å². The lowest BCUT2D eigenvalue weighted by molar-refractivity contribution is 0.252. The number of anilines is 1. The van der Waals surface area contributed by atoms with Crippen molar-refractivity contribution in [1.82, 2.24) is 5.32 Å². The molecule has 0 fully saturated rings. The SMILES string of the molecule is CCCCCCCCNC(=O)Nc1ccc(O)cc1. The Bertz CT molecular complexity index is 363. The number of benzene rings is 1. The molecule has 0 aliphatic heterocycles. The zero-order chi connectivity index (χ0) is 13.9. The Kier molecular flexibility index (Phi) is 7.47. The van der Waals surface area contributed by atoms with Gasteiger partial charge < -0.3 is 15.7 Å². The molecule has 0 aliphatic carbocycles. The van der Waals surface area contributed by atoms with Crippen LogP contribution >= 0.6 is 0 Å². The van der Waals surface area contributed by atoms with Crippen LogP contribution in [0.25, 0.3) is 0 Å². The number of rotatable bonds is 8. The van der Waals surface area contributed by atoms with Gasteiger partial charge in [0.2, 0.25) is 0 Å². The van der Waals surface area contributed by atoms with Gasteiger partial charge in [0.25, 0.3) is 0 Å². The number of unbranched alkanes of at least 4 members (excludes halogenated alkanes) is 5. The molecule has 2 amide bonds. The molecule has 0 aromatic heterocycles. The average Bonchev–Trinajstić information content (AvgIpc) is 2.40. The van der Waals surface area contributed by atoms with Crippen LogP contribution in [0.5, 0.6) is 5.75 Å². The number of urea groups is 1. The number of carbonyl (C=O) groups is 1. The first-order valence-electron chi connectivity index (χ1n) is 7.06. The molecule has 0 spiro atoms. The third-order valence-electron chi connectivity index (χ3n) is 2.94. The average molecular weight is 264 g/mol. The number of aromatic hydroxyl groups is 1. The molecule has 0 bridgehead atoms. The highest BCUT2D eigenvalue weighted by Gasteiger charge is 2.00. The molecule has 1 aromatic carbocycles. The van der Waals surface area contributed by atoms with E-state index in [4.69, 9.17) is 5.11 Å².